The van der Waals surface area contributed by atoms with Crippen LogP contribution in [0.15, 0.2) is 0 Å². The molecule has 0 amide bonds. The van der Waals surface area contributed by atoms with E-state index in [1.807, 2.05) is 0 Å². The van der Waals surface area contributed by atoms with Gasteiger partial charge in [-0.25, -0.2) is 0 Å². The molecular weight excluding hydrogens is 376 g/mol. The van der Waals surface area contributed by atoms with Crippen LogP contribution >= 0.6 is 21.0 Å². The van der Waals surface area contributed by atoms with E-state index in [0.717, 1.165) is 15.8 Å². The second kappa shape index (κ2) is 5.88. The molecule has 3 heteroatoms. The third-order valence-corrected chi connectivity index (χ3v) is 10.0. The first-order valence-corrected chi connectivity index (χ1v) is 9.94. The summed E-state index contributed by atoms with van der Waals surface area (Å²) < 4.78 is 9.67. The molecule has 1 rings (SSSR count). The van der Waals surface area contributed by atoms with Gasteiger partial charge in [-0.1, -0.05) is 0 Å². The van der Waals surface area contributed by atoms with Crippen molar-refractivity contribution in [1.29, 1.82) is 3.56 Å². The Morgan fingerprint density at radius 2 is 2.08 bits per heavy atom. The van der Waals surface area contributed by atoms with Crippen LogP contribution in [0.1, 0.15) is 33.1 Å². The summed E-state index contributed by atoms with van der Waals surface area (Å²) in [5.74, 6) is 1.93. The normalized spacial score (nSPS) is 37.0. The summed E-state index contributed by atoms with van der Waals surface area (Å²) in [5, 5.41) is 0. The molecule has 1 N–H and O–H groups in total. The molecule has 0 aromatic rings. The van der Waals surface area contributed by atoms with Crippen molar-refractivity contribution in [3.8, 4) is 0 Å². The first-order chi connectivity index (χ1) is 5.74. The summed E-state index contributed by atoms with van der Waals surface area (Å²) in [5.41, 5.74) is 0. The second-order valence-corrected chi connectivity index (χ2v) is 11.6. The van der Waals surface area contributed by atoms with Crippen LogP contribution in [-0.4, -0.2) is 6.36 Å². The summed E-state index contributed by atoms with van der Waals surface area (Å²) in [7, 11) is 0. The Bertz CT molecular complexity index is 149. The Balaban J connectivity index is 2.25. The molecule has 0 heterocycles. The van der Waals surface area contributed by atoms with E-state index in [-0.39, 0.29) is 21.0 Å². The molecule has 0 aromatic carbocycles. The van der Waals surface area contributed by atoms with Gasteiger partial charge in [0.15, 0.2) is 0 Å². The number of alkyl halides is 3. The summed E-state index contributed by atoms with van der Waals surface area (Å²) in [6, 6.07) is 0. The molecule has 0 saturated heterocycles. The van der Waals surface area contributed by atoms with Gasteiger partial charge >= 0.3 is 97.1 Å². The summed E-state index contributed by atoms with van der Waals surface area (Å²) >= 11 is 0.272. The van der Waals surface area contributed by atoms with Gasteiger partial charge in [-0.2, -0.15) is 0 Å². The van der Waals surface area contributed by atoms with Gasteiger partial charge in [0.25, 0.3) is 0 Å². The predicted molar refractivity (Wildman–Crippen MR) is 57.6 cm³/mol. The van der Waals surface area contributed by atoms with Crippen molar-refractivity contribution in [3.63, 3.8) is 0 Å². The molecule has 1 aliphatic rings. The van der Waals surface area contributed by atoms with Crippen molar-refractivity contribution in [2.45, 2.75) is 37.0 Å². The van der Waals surface area contributed by atoms with Crippen molar-refractivity contribution in [2.75, 3.05) is 2.43 Å². The molecule has 0 aliphatic heterocycles. The van der Waals surface area contributed by atoms with Crippen LogP contribution in [0.2, 0.25) is 0 Å². The van der Waals surface area contributed by atoms with Crippen LogP contribution in [0, 0.1) is 15.4 Å². The Kier molecular flexibility index (Phi) is 5.55. The molecule has 1 aliphatic carbocycles. The Hall–Kier alpha value is 1.26. The van der Waals surface area contributed by atoms with Gasteiger partial charge in [0, 0.05) is 0 Å². The summed E-state index contributed by atoms with van der Waals surface area (Å²) in [6.45, 7) is 4.81. The SMILES string of the molecule is CC1CCC([I-]CI=N)CC1C. The topological polar surface area (TPSA) is 23.9 Å². The van der Waals surface area contributed by atoms with Gasteiger partial charge in [0.1, 0.15) is 0 Å². The zero-order chi connectivity index (χ0) is 8.97. The molecule has 74 valence electrons. The van der Waals surface area contributed by atoms with Gasteiger partial charge < -0.3 is 0 Å². The van der Waals surface area contributed by atoms with E-state index in [9.17, 15) is 0 Å². The number of hydrogen-bond donors (Lipinski definition) is 1. The van der Waals surface area contributed by atoms with Crippen molar-refractivity contribution in [2.24, 2.45) is 11.8 Å². The zero-order valence-electron chi connectivity index (χ0n) is 7.82. The molecule has 1 nitrogen and oxygen atoms in total. The van der Waals surface area contributed by atoms with Crippen molar-refractivity contribution in [1.82, 2.24) is 0 Å². The van der Waals surface area contributed by atoms with Crippen LogP contribution < -0.4 is 21.2 Å². The minimum absolute atomic E-state index is 0.147. The van der Waals surface area contributed by atoms with E-state index >= 15 is 0 Å². The monoisotopic (exact) mass is 394 g/mol. The molecule has 0 radical (unpaired) electrons. The van der Waals surface area contributed by atoms with Crippen LogP contribution in [0.25, 0.3) is 0 Å². The maximum absolute atomic E-state index is 7.25. The fourth-order valence-electron chi connectivity index (χ4n) is 1.73. The van der Waals surface area contributed by atoms with E-state index in [0.29, 0.717) is 21.2 Å². The Morgan fingerprint density at radius 1 is 1.33 bits per heavy atom. The van der Waals surface area contributed by atoms with Crippen LogP contribution in [-0.2, 0) is 0 Å². The van der Waals surface area contributed by atoms with Crippen LogP contribution in [0.3, 0.4) is 0 Å². The molecule has 3 atom stereocenters. The summed E-state index contributed by atoms with van der Waals surface area (Å²) in [4.78, 5) is 0. The maximum atomic E-state index is 7.25. The molecule has 0 spiro atoms. The number of rotatable bonds is 3. The van der Waals surface area contributed by atoms with Crippen molar-refractivity contribution in [3.05, 3.63) is 0 Å². The van der Waals surface area contributed by atoms with E-state index in [1.165, 1.54) is 21.7 Å². The van der Waals surface area contributed by atoms with Gasteiger partial charge in [0.2, 0.25) is 0 Å². The van der Waals surface area contributed by atoms with Gasteiger partial charge in [-0.05, 0) is 0 Å². The molecule has 1 fully saturated rings. The molecule has 0 bridgehead atoms. The van der Waals surface area contributed by atoms with Crippen molar-refractivity contribution < 1.29 is 21.2 Å². The van der Waals surface area contributed by atoms with Crippen LogP contribution in [0.5, 0.6) is 0 Å². The third kappa shape index (κ3) is 3.55. The van der Waals surface area contributed by atoms with Crippen molar-refractivity contribution >= 4 is 21.0 Å². The summed E-state index contributed by atoms with van der Waals surface area (Å²) in [6.07, 6.45) is 4.43. The van der Waals surface area contributed by atoms with E-state index < -0.39 is 0 Å². The molecule has 12 heavy (non-hydrogen) atoms. The van der Waals surface area contributed by atoms with E-state index in [4.69, 9.17) is 3.56 Å². The van der Waals surface area contributed by atoms with Crippen LogP contribution in [0.4, 0.5) is 0 Å². The first-order valence-electron chi connectivity index (χ1n) is 4.56. The zero-order valence-corrected chi connectivity index (χ0v) is 12.1. The Labute approximate surface area is 96.3 Å². The predicted octanol–water partition coefficient (Wildman–Crippen LogP) is 0.591. The third-order valence-electron chi connectivity index (χ3n) is 2.86. The average molecular weight is 394 g/mol. The standard InChI is InChI=1S/C9H18I2N/c1-7-3-4-9(5-8(7)2)10-6-11-12/h7-9,12H,3-6H2,1-2H3/q-1. The van der Waals surface area contributed by atoms with Gasteiger partial charge in [-0.3, -0.25) is 0 Å². The first kappa shape index (κ1) is 11.3. The number of hydrogen-bond acceptors (Lipinski definition) is 1. The second-order valence-electron chi connectivity index (χ2n) is 3.75. The Morgan fingerprint density at radius 3 is 2.67 bits per heavy atom. The number of nitrogens with one attached hydrogen (secondary N) is 1. The number of halogens is 2. The molecule has 0 aromatic heterocycles. The fraction of sp³-hybridized carbons (Fsp3) is 1.00. The molecule has 3 unspecified atom stereocenters. The van der Waals surface area contributed by atoms with Gasteiger partial charge in [-0.15, -0.1) is 0 Å². The quantitative estimate of drug-likeness (QED) is 0.536. The van der Waals surface area contributed by atoms with E-state index in [2.05, 4.69) is 13.8 Å². The van der Waals surface area contributed by atoms with Gasteiger partial charge in [0.05, 0.1) is 0 Å². The van der Waals surface area contributed by atoms with E-state index in [1.54, 1.807) is 0 Å². The molecular formula is C9H18I2N-. The minimum atomic E-state index is -0.147. The fourth-order valence-corrected chi connectivity index (χ4v) is 8.61. The molecule has 1 saturated carbocycles. The average Bonchev–Trinajstić information content (AvgIpc) is 2.07.